The fraction of sp³-hybridized carbons (Fsp3) is 0.185. The Balaban J connectivity index is 1.45. The second-order valence-electron chi connectivity index (χ2n) is 7.95. The zero-order valence-electron chi connectivity index (χ0n) is 19.2. The van der Waals surface area contributed by atoms with Crippen molar-refractivity contribution >= 4 is 22.6 Å². The standard InChI is InChI=1S/C27H25NO6/c1-17(2)21-6-4-5-7-23(21)34-25-15-33-24-14-20(12-13-22(24)27(25)30)32-16-26(29)28-18-8-10-19(31-3)11-9-18/h4-15,17H,16H2,1-3H3,(H,28,29). The molecule has 0 aliphatic rings. The lowest BCUT2D eigenvalue weighted by Gasteiger charge is -2.13. The predicted molar refractivity (Wildman–Crippen MR) is 130 cm³/mol. The minimum atomic E-state index is -0.320. The molecule has 0 fully saturated rings. The van der Waals surface area contributed by atoms with Crippen LogP contribution in [0.1, 0.15) is 25.3 Å². The number of hydrogen-bond acceptors (Lipinski definition) is 6. The molecule has 7 heteroatoms. The zero-order chi connectivity index (χ0) is 24.1. The summed E-state index contributed by atoms with van der Waals surface area (Å²) in [6.45, 7) is 3.92. The molecular formula is C27H25NO6. The summed E-state index contributed by atoms with van der Waals surface area (Å²) in [7, 11) is 1.58. The molecule has 1 heterocycles. The van der Waals surface area contributed by atoms with E-state index in [1.54, 1.807) is 49.6 Å². The molecule has 0 saturated carbocycles. The maximum atomic E-state index is 12.9. The van der Waals surface area contributed by atoms with Crippen LogP contribution in [0.25, 0.3) is 11.0 Å². The van der Waals surface area contributed by atoms with Crippen LogP contribution in [0, 0.1) is 0 Å². The molecule has 0 unspecified atom stereocenters. The van der Waals surface area contributed by atoms with Gasteiger partial charge < -0.3 is 23.9 Å². The lowest BCUT2D eigenvalue weighted by Crippen LogP contribution is -2.20. The van der Waals surface area contributed by atoms with Gasteiger partial charge in [0.2, 0.25) is 11.2 Å². The SMILES string of the molecule is COc1ccc(NC(=O)COc2ccc3c(=O)c(Oc4ccccc4C(C)C)coc3c2)cc1. The Morgan fingerprint density at radius 2 is 1.71 bits per heavy atom. The first-order chi connectivity index (χ1) is 16.4. The van der Waals surface area contributed by atoms with Crippen molar-refractivity contribution < 1.29 is 23.4 Å². The van der Waals surface area contributed by atoms with E-state index in [0.717, 1.165) is 5.56 Å². The second-order valence-corrected chi connectivity index (χ2v) is 7.95. The van der Waals surface area contributed by atoms with Crippen LogP contribution in [0.4, 0.5) is 5.69 Å². The number of carbonyl (C=O) groups is 1. The lowest BCUT2D eigenvalue weighted by atomic mass is 10.0. The van der Waals surface area contributed by atoms with Gasteiger partial charge in [-0.05, 0) is 53.9 Å². The fourth-order valence-corrected chi connectivity index (χ4v) is 3.44. The summed E-state index contributed by atoms with van der Waals surface area (Å²) >= 11 is 0. The molecule has 34 heavy (non-hydrogen) atoms. The van der Waals surface area contributed by atoms with Gasteiger partial charge in [-0.25, -0.2) is 0 Å². The topological polar surface area (TPSA) is 87.0 Å². The predicted octanol–water partition coefficient (Wildman–Crippen LogP) is 5.73. The minimum Gasteiger partial charge on any atom is -0.497 e. The Bertz CT molecular complexity index is 1360. The average Bonchev–Trinajstić information content (AvgIpc) is 2.85. The Morgan fingerprint density at radius 3 is 2.44 bits per heavy atom. The van der Waals surface area contributed by atoms with Crippen molar-refractivity contribution in [2.45, 2.75) is 19.8 Å². The van der Waals surface area contributed by atoms with Gasteiger partial charge in [0.05, 0.1) is 12.5 Å². The van der Waals surface area contributed by atoms with E-state index >= 15 is 0 Å². The summed E-state index contributed by atoms with van der Waals surface area (Å²) in [5.41, 5.74) is 1.68. The van der Waals surface area contributed by atoms with Crippen molar-refractivity contribution in [3.05, 3.63) is 88.8 Å². The van der Waals surface area contributed by atoms with Gasteiger partial charge in [-0.1, -0.05) is 32.0 Å². The first-order valence-corrected chi connectivity index (χ1v) is 10.8. The molecule has 3 aromatic carbocycles. The first-order valence-electron chi connectivity index (χ1n) is 10.8. The normalized spacial score (nSPS) is 10.8. The van der Waals surface area contributed by atoms with Crippen molar-refractivity contribution in [3.63, 3.8) is 0 Å². The number of fused-ring (bicyclic) bond motifs is 1. The Hall–Kier alpha value is -4.26. The van der Waals surface area contributed by atoms with Crippen LogP contribution >= 0.6 is 0 Å². The van der Waals surface area contributed by atoms with Crippen LogP contribution in [0.3, 0.4) is 0 Å². The number of carbonyl (C=O) groups excluding carboxylic acids is 1. The highest BCUT2D eigenvalue weighted by Gasteiger charge is 2.14. The van der Waals surface area contributed by atoms with Gasteiger partial charge in [0.1, 0.15) is 29.1 Å². The van der Waals surface area contributed by atoms with Gasteiger partial charge in [0, 0.05) is 11.8 Å². The molecule has 4 rings (SSSR count). The number of benzene rings is 3. The summed E-state index contributed by atoms with van der Waals surface area (Å²) in [6, 6.07) is 19.4. The van der Waals surface area contributed by atoms with Crippen molar-refractivity contribution in [1.82, 2.24) is 0 Å². The summed E-state index contributed by atoms with van der Waals surface area (Å²) in [6.07, 6.45) is 1.29. The van der Waals surface area contributed by atoms with E-state index < -0.39 is 0 Å². The van der Waals surface area contributed by atoms with E-state index in [2.05, 4.69) is 19.2 Å². The van der Waals surface area contributed by atoms with Crippen LogP contribution in [-0.2, 0) is 4.79 Å². The monoisotopic (exact) mass is 459 g/mol. The van der Waals surface area contributed by atoms with Crippen LogP contribution in [0.15, 0.2) is 82.2 Å². The third-order valence-corrected chi connectivity index (χ3v) is 5.22. The van der Waals surface area contributed by atoms with Crippen molar-refractivity contribution in [1.29, 1.82) is 0 Å². The first kappa shape index (κ1) is 22.9. The smallest absolute Gasteiger partial charge is 0.262 e. The highest BCUT2D eigenvalue weighted by Crippen LogP contribution is 2.30. The number of para-hydroxylation sites is 1. The molecule has 0 saturated heterocycles. The van der Waals surface area contributed by atoms with Crippen molar-refractivity contribution in [3.8, 4) is 23.0 Å². The maximum absolute atomic E-state index is 12.9. The molecule has 174 valence electrons. The number of amides is 1. The van der Waals surface area contributed by atoms with Gasteiger partial charge in [0.25, 0.3) is 5.91 Å². The summed E-state index contributed by atoms with van der Waals surface area (Å²) < 4.78 is 22.2. The fourth-order valence-electron chi connectivity index (χ4n) is 3.44. The Kier molecular flexibility index (Phi) is 6.82. The Labute approximate surface area is 196 Å². The molecule has 0 aliphatic heterocycles. The molecule has 1 aromatic heterocycles. The minimum absolute atomic E-state index is 0.105. The molecule has 0 bridgehead atoms. The zero-order valence-corrected chi connectivity index (χ0v) is 19.2. The van der Waals surface area contributed by atoms with Crippen molar-refractivity contribution in [2.75, 3.05) is 19.0 Å². The second kappa shape index (κ2) is 10.1. The van der Waals surface area contributed by atoms with Gasteiger partial charge >= 0.3 is 0 Å². The summed E-state index contributed by atoms with van der Waals surface area (Å²) in [5.74, 6) is 1.74. The van der Waals surface area contributed by atoms with E-state index in [1.807, 2.05) is 24.3 Å². The number of ether oxygens (including phenoxy) is 3. The van der Waals surface area contributed by atoms with Crippen LogP contribution in [0.2, 0.25) is 0 Å². The lowest BCUT2D eigenvalue weighted by molar-refractivity contribution is -0.118. The molecule has 1 amide bonds. The molecule has 0 atom stereocenters. The molecule has 0 radical (unpaired) electrons. The third kappa shape index (κ3) is 5.20. The van der Waals surface area contributed by atoms with Crippen LogP contribution in [0.5, 0.6) is 23.0 Å². The van der Waals surface area contributed by atoms with E-state index in [9.17, 15) is 9.59 Å². The van der Waals surface area contributed by atoms with E-state index in [0.29, 0.717) is 33.9 Å². The van der Waals surface area contributed by atoms with E-state index in [-0.39, 0.29) is 29.6 Å². The largest absolute Gasteiger partial charge is 0.497 e. The molecule has 4 aromatic rings. The van der Waals surface area contributed by atoms with E-state index in [4.69, 9.17) is 18.6 Å². The van der Waals surface area contributed by atoms with Crippen LogP contribution < -0.4 is 25.0 Å². The van der Waals surface area contributed by atoms with Gasteiger partial charge in [0.15, 0.2) is 6.61 Å². The molecule has 1 N–H and O–H groups in total. The number of rotatable bonds is 8. The van der Waals surface area contributed by atoms with Gasteiger partial charge in [-0.3, -0.25) is 9.59 Å². The maximum Gasteiger partial charge on any atom is 0.262 e. The number of nitrogens with one attached hydrogen (secondary N) is 1. The molecular weight excluding hydrogens is 434 g/mol. The van der Waals surface area contributed by atoms with E-state index in [1.165, 1.54) is 6.26 Å². The number of methoxy groups -OCH3 is 1. The molecule has 0 spiro atoms. The van der Waals surface area contributed by atoms with Crippen molar-refractivity contribution in [2.24, 2.45) is 0 Å². The highest BCUT2D eigenvalue weighted by molar-refractivity contribution is 5.92. The quantitative estimate of drug-likeness (QED) is 0.362. The van der Waals surface area contributed by atoms with Gasteiger partial charge in [-0.2, -0.15) is 0 Å². The number of hydrogen-bond donors (Lipinski definition) is 1. The summed E-state index contributed by atoms with van der Waals surface area (Å²) in [5, 5.41) is 3.10. The third-order valence-electron chi connectivity index (χ3n) is 5.22. The molecule has 0 aliphatic carbocycles. The highest BCUT2D eigenvalue weighted by atomic mass is 16.5. The summed E-state index contributed by atoms with van der Waals surface area (Å²) in [4.78, 5) is 25.1. The van der Waals surface area contributed by atoms with Crippen LogP contribution in [-0.4, -0.2) is 19.6 Å². The molecule has 7 nitrogen and oxygen atoms in total. The number of anilines is 1. The Morgan fingerprint density at radius 1 is 0.971 bits per heavy atom. The van der Waals surface area contributed by atoms with Gasteiger partial charge in [-0.15, -0.1) is 0 Å². The average molecular weight is 459 g/mol.